The Labute approximate surface area is 442 Å². The van der Waals surface area contributed by atoms with E-state index in [-0.39, 0.29) is 44.7 Å². The molecular formula is C65H55N5O2Pt. The number of hydrogen-bond acceptors (Lipinski definition) is 5. The summed E-state index contributed by atoms with van der Waals surface area (Å²) in [6, 6.07) is 64.1. The van der Waals surface area contributed by atoms with Gasteiger partial charge in [0.15, 0.2) is 0 Å². The zero-order chi connectivity index (χ0) is 49.8. The average molecular weight is 1130 g/mol. The molecule has 0 spiro atoms. The van der Waals surface area contributed by atoms with Crippen LogP contribution in [0, 0.1) is 23.5 Å². The molecule has 0 amide bonds. The molecule has 0 N–H and O–H groups in total. The summed E-state index contributed by atoms with van der Waals surface area (Å²) in [5, 5.41) is 10.9. The van der Waals surface area contributed by atoms with E-state index in [1.165, 1.54) is 38.9 Å². The normalized spacial score (nSPS) is 11.7. The maximum Gasteiger partial charge on any atom is 2.00 e. The molecule has 0 saturated carbocycles. The second-order valence-corrected chi connectivity index (χ2v) is 19.9. The second kappa shape index (κ2) is 20.0. The summed E-state index contributed by atoms with van der Waals surface area (Å²) in [4.78, 5) is 10.7. The fourth-order valence-electron chi connectivity index (χ4n) is 10.2. The van der Waals surface area contributed by atoms with Crippen LogP contribution in [0.15, 0.2) is 168 Å². The summed E-state index contributed by atoms with van der Waals surface area (Å²) in [5.74, 6) is 3.15. The van der Waals surface area contributed by atoms with Crippen LogP contribution in [0.3, 0.4) is 0 Å². The molecule has 11 rings (SSSR count). The molecule has 0 atom stereocenters. The Hall–Kier alpha value is -7.78. The van der Waals surface area contributed by atoms with E-state index in [0.29, 0.717) is 39.6 Å². The van der Waals surface area contributed by atoms with Gasteiger partial charge in [0.1, 0.15) is 0 Å². The van der Waals surface area contributed by atoms with Crippen molar-refractivity contribution in [1.82, 2.24) is 19.1 Å². The number of nitriles is 1. The van der Waals surface area contributed by atoms with E-state index < -0.39 is 0 Å². The topological polar surface area (TPSA) is 81.8 Å². The summed E-state index contributed by atoms with van der Waals surface area (Å²) in [5.41, 5.74) is 18.0. The van der Waals surface area contributed by atoms with Gasteiger partial charge in [0.25, 0.3) is 0 Å². The van der Waals surface area contributed by atoms with E-state index in [1.54, 1.807) is 6.26 Å². The smallest absolute Gasteiger partial charge is 0.496 e. The Bertz CT molecular complexity index is 3810. The van der Waals surface area contributed by atoms with E-state index in [1.807, 2.05) is 48.5 Å². The molecule has 362 valence electrons. The molecule has 7 nitrogen and oxygen atoms in total. The Balaban J connectivity index is 0.00000611. The average Bonchev–Trinajstić information content (AvgIpc) is 4.14. The van der Waals surface area contributed by atoms with E-state index in [0.717, 1.165) is 50.3 Å². The number of hydrogen-bond donors (Lipinski definition) is 0. The molecule has 0 fully saturated rings. The van der Waals surface area contributed by atoms with Gasteiger partial charge in [0.05, 0.1) is 57.2 Å². The summed E-state index contributed by atoms with van der Waals surface area (Å²) in [6.45, 7) is 18.0. The molecule has 8 aromatic carbocycles. The maximum absolute atomic E-state index is 10.1. The molecule has 0 aliphatic carbocycles. The third-order valence-corrected chi connectivity index (χ3v) is 13.8. The third-order valence-electron chi connectivity index (χ3n) is 13.8. The predicted molar refractivity (Wildman–Crippen MR) is 292 cm³/mol. The molecule has 11 aromatic rings. The van der Waals surface area contributed by atoms with Crippen LogP contribution in [-0.2, 0) is 21.1 Å². The van der Waals surface area contributed by atoms with Crippen LogP contribution in [0.25, 0.3) is 89.4 Å². The molecule has 0 aliphatic rings. The van der Waals surface area contributed by atoms with Crippen molar-refractivity contribution in [2.45, 2.75) is 79.1 Å². The van der Waals surface area contributed by atoms with Crippen LogP contribution < -0.4 is 4.74 Å². The van der Waals surface area contributed by atoms with Gasteiger partial charge in [-0.2, -0.15) is 5.26 Å². The summed E-state index contributed by atoms with van der Waals surface area (Å²) < 4.78 is 17.6. The van der Waals surface area contributed by atoms with E-state index in [9.17, 15) is 5.26 Å². The van der Waals surface area contributed by atoms with E-state index in [4.69, 9.17) is 19.1 Å². The molecule has 0 saturated heterocycles. The van der Waals surface area contributed by atoms with Gasteiger partial charge in [-0.25, -0.2) is 0 Å². The van der Waals surface area contributed by atoms with Crippen molar-refractivity contribution in [1.29, 1.82) is 5.26 Å². The molecule has 73 heavy (non-hydrogen) atoms. The third kappa shape index (κ3) is 9.00. The number of ether oxygens (including phenoxy) is 1. The first-order valence-electron chi connectivity index (χ1n) is 25.0. The Morgan fingerprint density at radius 2 is 1.04 bits per heavy atom. The van der Waals surface area contributed by atoms with Crippen molar-refractivity contribution in [3.63, 3.8) is 0 Å². The number of fused-ring (bicyclic) bond motifs is 3. The van der Waals surface area contributed by atoms with Crippen LogP contribution in [0.2, 0.25) is 0 Å². The van der Waals surface area contributed by atoms with Gasteiger partial charge >= 0.3 is 21.1 Å². The molecule has 0 aliphatic heterocycles. The van der Waals surface area contributed by atoms with Crippen molar-refractivity contribution in [3.8, 4) is 74.0 Å². The Kier molecular flexibility index (Phi) is 13.4. The van der Waals surface area contributed by atoms with Crippen molar-refractivity contribution in [2.24, 2.45) is 0 Å². The number of nitrogens with zero attached hydrogens (tertiary/aromatic N) is 5. The Morgan fingerprint density at radius 1 is 0.507 bits per heavy atom. The molecule has 0 unspecified atom stereocenters. The zero-order valence-corrected chi connectivity index (χ0v) is 44.5. The quantitative estimate of drug-likeness (QED) is 0.114. The van der Waals surface area contributed by atoms with Gasteiger partial charge in [-0.1, -0.05) is 163 Å². The Morgan fingerprint density at radius 3 is 1.62 bits per heavy atom. The van der Waals surface area contributed by atoms with Gasteiger partial charge in [-0.05, 0) is 123 Å². The summed E-state index contributed by atoms with van der Waals surface area (Å²) >= 11 is 0. The van der Waals surface area contributed by atoms with Gasteiger partial charge in [-0.15, -0.1) is 23.8 Å². The standard InChI is InChI=1S/C65H55N5O2.Pt/c1-39(2)52-32-47(44-18-11-9-12-19-44)33-53(40(3)4)62(52)69-59-25-16-15-24-57(59)67-64(69)46-22-17-23-49(31-46)72-50-36-56(51-28-29-71-61(51)37-50)65-68-58-30-43(38-66)26-27-60(58)70(65)63-54(41(5)6)34-48(35-55(63)42(7)8)45-20-13-10-14-21-45;/h9-30,32-35,37,39-42H,1-8H3;/q-2;+2. The van der Waals surface area contributed by atoms with Crippen molar-refractivity contribution < 1.29 is 30.2 Å². The van der Waals surface area contributed by atoms with Gasteiger partial charge in [0.2, 0.25) is 0 Å². The molecule has 0 radical (unpaired) electrons. The molecule has 3 heterocycles. The number of furan rings is 1. The molecule has 8 heteroatoms. The second-order valence-electron chi connectivity index (χ2n) is 19.9. The number of benzene rings is 8. The van der Waals surface area contributed by atoms with Crippen LogP contribution in [0.5, 0.6) is 11.5 Å². The molecule has 3 aromatic heterocycles. The summed E-state index contributed by atoms with van der Waals surface area (Å²) in [7, 11) is 0. The fourth-order valence-corrected chi connectivity index (χ4v) is 10.2. The van der Waals surface area contributed by atoms with Gasteiger partial charge in [-0.3, -0.25) is 9.97 Å². The first-order chi connectivity index (χ1) is 34.9. The maximum atomic E-state index is 10.1. The number of para-hydroxylation sites is 2. The van der Waals surface area contributed by atoms with Crippen LogP contribution in [0.4, 0.5) is 0 Å². The van der Waals surface area contributed by atoms with E-state index in [2.05, 4.69) is 192 Å². The number of rotatable bonds is 12. The largest absolute Gasteiger partial charge is 2.00 e. The predicted octanol–water partition coefficient (Wildman–Crippen LogP) is 17.5. The van der Waals surface area contributed by atoms with E-state index >= 15 is 0 Å². The van der Waals surface area contributed by atoms with Crippen molar-refractivity contribution >= 4 is 33.0 Å². The SMILES string of the molecule is CC(C)c1cc(-c2ccccc2)cc(C(C)C)c1-n1c(-c2[c-]c(Oc3[c-]c(-c4nc5cc(C#N)ccc5n4-c4c(C(C)C)cc(-c5ccccc5)cc4C(C)C)c4ccoc4c3)ccc2)nc2ccccc21.[Pt+2]. The van der Waals surface area contributed by atoms with Crippen molar-refractivity contribution in [2.75, 3.05) is 0 Å². The fraction of sp³-hybridized carbons (Fsp3) is 0.185. The van der Waals surface area contributed by atoms with Crippen molar-refractivity contribution in [3.05, 3.63) is 204 Å². The van der Waals surface area contributed by atoms with Crippen LogP contribution in [0.1, 0.15) is 107 Å². The minimum absolute atomic E-state index is 0. The summed E-state index contributed by atoms with van der Waals surface area (Å²) in [6.07, 6.45) is 1.70. The molecular weight excluding hydrogens is 1080 g/mol. The van der Waals surface area contributed by atoms with Gasteiger partial charge in [0, 0.05) is 22.9 Å². The van der Waals surface area contributed by atoms with Gasteiger partial charge < -0.3 is 18.3 Å². The monoisotopic (exact) mass is 1130 g/mol. The number of imidazole rings is 2. The molecule has 0 bridgehead atoms. The first-order valence-corrected chi connectivity index (χ1v) is 25.0. The first kappa shape index (κ1) is 48.8. The minimum atomic E-state index is 0. The van der Waals surface area contributed by atoms with Crippen LogP contribution in [-0.4, -0.2) is 19.1 Å². The number of aromatic nitrogens is 4. The van der Waals surface area contributed by atoms with Crippen LogP contribution >= 0.6 is 0 Å². The zero-order valence-electron chi connectivity index (χ0n) is 42.3. The minimum Gasteiger partial charge on any atom is -0.496 e.